The first kappa shape index (κ1) is 19.8. The van der Waals surface area contributed by atoms with Gasteiger partial charge in [-0.15, -0.1) is 0 Å². The van der Waals surface area contributed by atoms with E-state index in [1.807, 2.05) is 0 Å². The normalized spacial score (nSPS) is 11.8. The van der Waals surface area contributed by atoms with E-state index < -0.39 is 20.6 Å². The zero-order valence-electron chi connectivity index (χ0n) is 5.08. The van der Waals surface area contributed by atoms with Gasteiger partial charge in [0.2, 0.25) is 0 Å². The molecule has 0 bridgehead atoms. The number of hydrogen-bond donors (Lipinski definition) is 4. The third-order valence-electron chi connectivity index (χ3n) is 0.974. The predicted octanol–water partition coefficient (Wildman–Crippen LogP) is -1.61. The molecule has 0 radical (unpaired) electrons. The van der Waals surface area contributed by atoms with Crippen molar-refractivity contribution in [2.75, 3.05) is 0 Å². The van der Waals surface area contributed by atoms with Crippen LogP contribution in [-0.4, -0.2) is 84.1 Å². The molecule has 0 aromatic carbocycles. The van der Waals surface area contributed by atoms with Crippen molar-refractivity contribution in [2.24, 2.45) is 0 Å². The van der Waals surface area contributed by atoms with Gasteiger partial charge >= 0.3 is 74.3 Å². The Morgan fingerprint density at radius 2 is 1.08 bits per heavy atom. The average Bonchev–Trinajstić information content (AvgIpc) is 1.59. The molecule has 4 N–H and O–H groups in total. The van der Waals surface area contributed by atoms with E-state index in [-0.39, 0.29) is 59.1 Å². The Labute approximate surface area is 114 Å². The summed E-state index contributed by atoms with van der Waals surface area (Å²) < 4.78 is 20.4. The molecule has 0 rings (SSSR count). The maximum atomic E-state index is 10.2. The van der Waals surface area contributed by atoms with Crippen LogP contribution in [0, 0.1) is 0 Å². The van der Waals surface area contributed by atoms with E-state index >= 15 is 0 Å². The molecule has 0 saturated heterocycles. The molecule has 0 aliphatic carbocycles. The molecule has 0 unspecified atom stereocenters. The van der Waals surface area contributed by atoms with Crippen LogP contribution >= 0.6 is 15.2 Å². The van der Waals surface area contributed by atoms with Crippen LogP contribution < -0.4 is 0 Å². The molecule has 0 aromatic rings. The third-order valence-corrected chi connectivity index (χ3v) is 4.73. The maximum absolute atomic E-state index is 10.2. The molecule has 66 valence electrons. The summed E-state index contributed by atoms with van der Waals surface area (Å²) in [7, 11) is -9.28. The second-order valence-electron chi connectivity index (χ2n) is 1.81. The predicted molar refractivity (Wildman–Crippen MR) is 47.8 cm³/mol. The molecule has 0 heterocycles. The standard InChI is InChI=1S/C2H8O6P2.2Na.2H/c1-2(9(3,4)5)10(6,7)8;;;;/h2H,1H3,(H2,3,4,5)(H2,6,7,8);;;;. The molecule has 0 atom stereocenters. The van der Waals surface area contributed by atoms with Crippen LogP contribution in [0.1, 0.15) is 6.92 Å². The van der Waals surface area contributed by atoms with Crippen molar-refractivity contribution in [2.45, 2.75) is 12.3 Å². The summed E-state index contributed by atoms with van der Waals surface area (Å²) >= 11 is 0. The van der Waals surface area contributed by atoms with Gasteiger partial charge in [0.05, 0.1) is 0 Å². The molecular formula is C2H10Na2O6P2. The quantitative estimate of drug-likeness (QED) is 0.340. The third kappa shape index (κ3) is 7.68. The van der Waals surface area contributed by atoms with Gasteiger partial charge in [-0.2, -0.15) is 0 Å². The van der Waals surface area contributed by atoms with Gasteiger partial charge < -0.3 is 19.6 Å². The van der Waals surface area contributed by atoms with Gasteiger partial charge in [-0.3, -0.25) is 9.13 Å². The Morgan fingerprint density at radius 1 is 0.917 bits per heavy atom. The molecule has 0 aromatic heterocycles. The molecule has 6 nitrogen and oxygen atoms in total. The van der Waals surface area contributed by atoms with Gasteiger partial charge in [0.1, 0.15) is 0 Å². The fourth-order valence-electron chi connectivity index (χ4n) is 0.196. The first-order valence-electron chi connectivity index (χ1n) is 2.26. The molecule has 0 saturated carbocycles. The summed E-state index contributed by atoms with van der Waals surface area (Å²) in [6, 6.07) is 0. The zero-order chi connectivity index (χ0) is 8.58. The summed E-state index contributed by atoms with van der Waals surface area (Å²) in [4.78, 5) is 33.0. The molecule has 0 aliphatic heterocycles. The molecule has 0 amide bonds. The van der Waals surface area contributed by atoms with Crippen molar-refractivity contribution in [1.29, 1.82) is 0 Å². The SMILES string of the molecule is CC(P(=O)(O)O)P(=O)(O)O.[NaH].[NaH]. The van der Waals surface area contributed by atoms with Crippen LogP contribution in [0.2, 0.25) is 0 Å². The second kappa shape index (κ2) is 6.72. The topological polar surface area (TPSA) is 115 Å². The minimum absolute atomic E-state index is 0. The van der Waals surface area contributed by atoms with E-state index in [2.05, 4.69) is 0 Å². The van der Waals surface area contributed by atoms with Crippen LogP contribution in [-0.2, 0) is 9.13 Å². The van der Waals surface area contributed by atoms with Crippen molar-refractivity contribution in [3.05, 3.63) is 0 Å². The zero-order valence-corrected chi connectivity index (χ0v) is 6.87. The Bertz CT molecular complexity index is 184. The van der Waals surface area contributed by atoms with Crippen molar-refractivity contribution < 1.29 is 28.7 Å². The fourth-order valence-corrected chi connectivity index (χ4v) is 1.76. The van der Waals surface area contributed by atoms with E-state index in [9.17, 15) is 9.13 Å². The van der Waals surface area contributed by atoms with Crippen molar-refractivity contribution in [3.8, 4) is 0 Å². The van der Waals surface area contributed by atoms with Crippen molar-refractivity contribution >= 4 is 74.3 Å². The van der Waals surface area contributed by atoms with E-state index in [0.29, 0.717) is 0 Å². The van der Waals surface area contributed by atoms with E-state index in [1.54, 1.807) is 0 Å². The Balaban J connectivity index is -0.000000405. The first-order chi connectivity index (χ1) is 4.15. The Hall–Kier alpha value is 2.30. The van der Waals surface area contributed by atoms with Crippen LogP contribution in [0.5, 0.6) is 0 Å². The van der Waals surface area contributed by atoms with Gasteiger partial charge in [0.25, 0.3) is 0 Å². The molecule has 12 heavy (non-hydrogen) atoms. The summed E-state index contributed by atoms with van der Waals surface area (Å²) in [5.41, 5.74) is 0. The van der Waals surface area contributed by atoms with Gasteiger partial charge in [0, 0.05) is 0 Å². The van der Waals surface area contributed by atoms with Crippen LogP contribution in [0.25, 0.3) is 0 Å². The Morgan fingerprint density at radius 3 is 1.08 bits per heavy atom. The van der Waals surface area contributed by atoms with Gasteiger partial charge in [-0.1, -0.05) is 0 Å². The number of hydrogen-bond acceptors (Lipinski definition) is 2. The van der Waals surface area contributed by atoms with Crippen molar-refractivity contribution in [3.63, 3.8) is 0 Å². The van der Waals surface area contributed by atoms with Gasteiger partial charge in [0.15, 0.2) is 5.40 Å². The first-order valence-corrected chi connectivity index (χ1v) is 5.62. The summed E-state index contributed by atoms with van der Waals surface area (Å²) in [6.45, 7) is 0.807. The number of rotatable bonds is 2. The van der Waals surface area contributed by atoms with Gasteiger partial charge in [-0.05, 0) is 6.92 Å². The molecule has 0 fully saturated rings. The minimum atomic E-state index is -4.64. The fraction of sp³-hybridized carbons (Fsp3) is 1.00. The van der Waals surface area contributed by atoms with Crippen LogP contribution in [0.4, 0.5) is 0 Å². The summed E-state index contributed by atoms with van der Waals surface area (Å²) in [5.74, 6) is 0. The van der Waals surface area contributed by atoms with E-state index in [4.69, 9.17) is 19.6 Å². The summed E-state index contributed by atoms with van der Waals surface area (Å²) in [5, 5.41) is -1.90. The van der Waals surface area contributed by atoms with Gasteiger partial charge in [-0.25, -0.2) is 0 Å². The average molecular weight is 238 g/mol. The molecule has 10 heteroatoms. The molecular weight excluding hydrogens is 228 g/mol. The van der Waals surface area contributed by atoms with E-state index in [0.717, 1.165) is 6.92 Å². The van der Waals surface area contributed by atoms with Crippen LogP contribution in [0.15, 0.2) is 0 Å². The van der Waals surface area contributed by atoms with Crippen LogP contribution in [0.3, 0.4) is 0 Å². The molecule has 0 spiro atoms. The second-order valence-corrected chi connectivity index (χ2v) is 6.12. The Kier molecular flexibility index (Phi) is 11.1. The summed E-state index contributed by atoms with van der Waals surface area (Å²) in [6.07, 6.45) is 0. The van der Waals surface area contributed by atoms with E-state index in [1.165, 1.54) is 0 Å². The van der Waals surface area contributed by atoms with Crippen molar-refractivity contribution in [1.82, 2.24) is 0 Å². The molecule has 0 aliphatic rings. The monoisotopic (exact) mass is 238 g/mol.